The summed E-state index contributed by atoms with van der Waals surface area (Å²) in [5.74, 6) is -3.03. The van der Waals surface area contributed by atoms with Crippen molar-refractivity contribution in [2.75, 3.05) is 19.8 Å². The zero-order chi connectivity index (χ0) is 31.2. The minimum Gasteiger partial charge on any atom is -0.463 e. The number of hydrogen-bond acceptors (Lipinski definition) is 12. The lowest BCUT2D eigenvalue weighted by atomic mass is 9.91. The van der Waals surface area contributed by atoms with Crippen LogP contribution in [-0.4, -0.2) is 73.9 Å². The fourth-order valence-corrected chi connectivity index (χ4v) is 3.94. The van der Waals surface area contributed by atoms with E-state index < -0.39 is 54.1 Å². The van der Waals surface area contributed by atoms with Crippen molar-refractivity contribution in [3.8, 4) is 0 Å². The number of esters is 6. The summed E-state index contributed by atoms with van der Waals surface area (Å²) in [6.45, 7) is 10.4. The van der Waals surface area contributed by atoms with Crippen molar-refractivity contribution in [1.29, 1.82) is 0 Å². The Bertz CT molecular complexity index is 941. The molecule has 1 aliphatic carbocycles. The van der Waals surface area contributed by atoms with Crippen molar-refractivity contribution in [2.45, 2.75) is 95.4 Å². The summed E-state index contributed by atoms with van der Waals surface area (Å²) in [5, 5.41) is 0. The van der Waals surface area contributed by atoms with Crippen LogP contribution in [0.1, 0.15) is 77.0 Å². The Balaban J connectivity index is 2.58. The Kier molecular flexibility index (Phi) is 18.7. The normalized spacial score (nSPS) is 17.6. The zero-order valence-corrected chi connectivity index (χ0v) is 24.1. The predicted octanol–water partition coefficient (Wildman–Crippen LogP) is 3.60. The highest BCUT2D eigenvalue weighted by Crippen LogP contribution is 2.28. The van der Waals surface area contributed by atoms with Crippen LogP contribution in [0.5, 0.6) is 0 Å². The van der Waals surface area contributed by atoms with E-state index in [0.29, 0.717) is 51.4 Å². The van der Waals surface area contributed by atoms with E-state index in [9.17, 15) is 28.8 Å². The van der Waals surface area contributed by atoms with Gasteiger partial charge in [0, 0.05) is 43.9 Å². The molecule has 0 amide bonds. The maximum absolute atomic E-state index is 12.5. The van der Waals surface area contributed by atoms with Crippen LogP contribution >= 0.6 is 0 Å². The molecule has 0 aromatic carbocycles. The van der Waals surface area contributed by atoms with E-state index in [4.69, 9.17) is 28.4 Å². The second-order valence-corrected chi connectivity index (χ2v) is 9.47. The van der Waals surface area contributed by atoms with Crippen molar-refractivity contribution in [2.24, 2.45) is 0 Å². The number of carbonyl (C=O) groups is 6. The Hall–Kier alpha value is -3.96. The van der Waals surface area contributed by atoms with Crippen LogP contribution in [-0.2, 0) is 57.2 Å². The number of rotatable bonds is 21. The van der Waals surface area contributed by atoms with Crippen LogP contribution in [0.2, 0.25) is 0 Å². The van der Waals surface area contributed by atoms with Gasteiger partial charge in [0.2, 0.25) is 0 Å². The Morgan fingerprint density at radius 3 is 1.31 bits per heavy atom. The largest absolute Gasteiger partial charge is 0.463 e. The van der Waals surface area contributed by atoms with E-state index in [1.165, 1.54) is 0 Å². The highest BCUT2D eigenvalue weighted by Gasteiger charge is 2.37. The minimum absolute atomic E-state index is 0.0626. The molecule has 0 aliphatic heterocycles. The third kappa shape index (κ3) is 17.0. The topological polar surface area (TPSA) is 158 Å². The molecule has 1 aliphatic rings. The number of hydrogen-bond donors (Lipinski definition) is 0. The van der Waals surface area contributed by atoms with Gasteiger partial charge in [-0.25, -0.2) is 14.4 Å². The van der Waals surface area contributed by atoms with Crippen molar-refractivity contribution in [3.05, 3.63) is 38.0 Å². The molecule has 0 spiro atoms. The van der Waals surface area contributed by atoms with Crippen molar-refractivity contribution >= 4 is 35.8 Å². The molecular weight excluding hydrogens is 552 g/mol. The fourth-order valence-electron chi connectivity index (χ4n) is 3.94. The summed E-state index contributed by atoms with van der Waals surface area (Å²) < 4.78 is 31.5. The molecule has 0 N–H and O–H groups in total. The van der Waals surface area contributed by atoms with Gasteiger partial charge in [-0.3, -0.25) is 14.4 Å². The first-order valence-electron chi connectivity index (χ1n) is 14.1. The monoisotopic (exact) mass is 594 g/mol. The van der Waals surface area contributed by atoms with Crippen LogP contribution in [0.15, 0.2) is 38.0 Å². The summed E-state index contributed by atoms with van der Waals surface area (Å²) >= 11 is 0. The summed E-state index contributed by atoms with van der Waals surface area (Å²) in [5.41, 5.74) is 0. The quantitative estimate of drug-likeness (QED) is 0.0824. The van der Waals surface area contributed by atoms with Crippen molar-refractivity contribution in [1.82, 2.24) is 0 Å². The first-order valence-corrected chi connectivity index (χ1v) is 14.1. The third-order valence-corrected chi connectivity index (χ3v) is 6.11. The smallest absolute Gasteiger partial charge is 0.330 e. The molecule has 0 aromatic heterocycles. The molecular formula is C30H42O12. The predicted molar refractivity (Wildman–Crippen MR) is 149 cm³/mol. The Morgan fingerprint density at radius 2 is 0.905 bits per heavy atom. The summed E-state index contributed by atoms with van der Waals surface area (Å²) in [6.07, 6.45) is 5.05. The van der Waals surface area contributed by atoms with Gasteiger partial charge in [0.1, 0.15) is 18.3 Å². The molecule has 0 radical (unpaired) electrons. The van der Waals surface area contributed by atoms with E-state index in [1.54, 1.807) is 0 Å². The van der Waals surface area contributed by atoms with Gasteiger partial charge < -0.3 is 28.4 Å². The van der Waals surface area contributed by atoms with Crippen LogP contribution in [0.25, 0.3) is 0 Å². The first kappa shape index (κ1) is 36.1. The van der Waals surface area contributed by atoms with Gasteiger partial charge in [0.05, 0.1) is 19.8 Å². The van der Waals surface area contributed by atoms with Gasteiger partial charge in [-0.05, 0) is 51.4 Å². The molecule has 0 heterocycles. The molecule has 12 heteroatoms. The van der Waals surface area contributed by atoms with Gasteiger partial charge in [0.15, 0.2) is 0 Å². The highest BCUT2D eigenvalue weighted by molar-refractivity contribution is 5.81. The van der Waals surface area contributed by atoms with Crippen molar-refractivity contribution in [3.63, 3.8) is 0 Å². The molecule has 234 valence electrons. The number of carbonyl (C=O) groups excluding carboxylic acids is 6. The zero-order valence-electron chi connectivity index (χ0n) is 24.1. The van der Waals surface area contributed by atoms with E-state index in [0.717, 1.165) is 18.2 Å². The van der Waals surface area contributed by atoms with Crippen molar-refractivity contribution < 1.29 is 57.2 Å². The van der Waals surface area contributed by atoms with Gasteiger partial charge in [-0.2, -0.15) is 0 Å². The Morgan fingerprint density at radius 1 is 0.524 bits per heavy atom. The first-order chi connectivity index (χ1) is 20.2. The Labute approximate surface area is 246 Å². The van der Waals surface area contributed by atoms with E-state index in [1.807, 2.05) is 0 Å². The lowest BCUT2D eigenvalue weighted by Gasteiger charge is -2.34. The molecule has 0 bridgehead atoms. The summed E-state index contributed by atoms with van der Waals surface area (Å²) in [7, 11) is 0. The second-order valence-electron chi connectivity index (χ2n) is 9.47. The standard InChI is InChI=1S/C30H42O12/c1-4-25(31)37-18-10-7-13-28(34)40-22-16-17-23(41-29(35)14-8-11-19-38-26(32)5-2)24(21-22)42-30(36)15-9-12-20-39-27(33)6-3/h4-6,22-24H,1-3,7-21H2/t22-,23+,24-/m0/s1. The maximum Gasteiger partial charge on any atom is 0.330 e. The van der Waals surface area contributed by atoms with E-state index >= 15 is 0 Å². The fraction of sp³-hybridized carbons (Fsp3) is 0.600. The van der Waals surface area contributed by atoms with Gasteiger partial charge >= 0.3 is 35.8 Å². The van der Waals surface area contributed by atoms with Crippen LogP contribution in [0.3, 0.4) is 0 Å². The highest BCUT2D eigenvalue weighted by atomic mass is 16.6. The average molecular weight is 595 g/mol. The molecule has 3 atom stereocenters. The van der Waals surface area contributed by atoms with Crippen LogP contribution in [0, 0.1) is 0 Å². The van der Waals surface area contributed by atoms with Crippen LogP contribution < -0.4 is 0 Å². The lowest BCUT2D eigenvalue weighted by Crippen LogP contribution is -2.43. The molecule has 12 nitrogen and oxygen atoms in total. The minimum atomic E-state index is -0.807. The van der Waals surface area contributed by atoms with Crippen LogP contribution in [0.4, 0.5) is 0 Å². The van der Waals surface area contributed by atoms with Gasteiger partial charge in [-0.15, -0.1) is 0 Å². The maximum atomic E-state index is 12.5. The third-order valence-electron chi connectivity index (χ3n) is 6.11. The molecule has 1 saturated carbocycles. The summed E-state index contributed by atoms with van der Waals surface area (Å²) in [6, 6.07) is 0. The molecule has 0 unspecified atom stereocenters. The number of unbranched alkanes of at least 4 members (excludes halogenated alkanes) is 3. The molecule has 0 saturated heterocycles. The second kappa shape index (κ2) is 21.7. The van der Waals surface area contributed by atoms with E-state index in [2.05, 4.69) is 19.7 Å². The van der Waals surface area contributed by atoms with E-state index in [-0.39, 0.29) is 45.5 Å². The van der Waals surface area contributed by atoms with Gasteiger partial charge in [-0.1, -0.05) is 19.7 Å². The molecule has 42 heavy (non-hydrogen) atoms. The molecule has 1 fully saturated rings. The molecule has 0 aromatic rings. The average Bonchev–Trinajstić information content (AvgIpc) is 2.97. The lowest BCUT2D eigenvalue weighted by molar-refractivity contribution is -0.180. The molecule has 1 rings (SSSR count). The SMILES string of the molecule is C=CC(=O)OCCCCC(=O)O[C@H]1CC[C@@H](OC(=O)CCCCOC(=O)C=C)[C@@H](OC(=O)CCCCOC(=O)C=C)C1. The number of ether oxygens (including phenoxy) is 6. The van der Waals surface area contributed by atoms with Gasteiger partial charge in [0.25, 0.3) is 0 Å². The summed E-state index contributed by atoms with van der Waals surface area (Å²) in [4.78, 5) is 70.6.